The van der Waals surface area contributed by atoms with Crippen molar-refractivity contribution in [3.05, 3.63) is 89.1 Å². The Kier molecular flexibility index (Phi) is 9.48. The third-order valence-electron chi connectivity index (χ3n) is 7.72. The third kappa shape index (κ3) is 7.35. The molecule has 5 atom stereocenters. The van der Waals surface area contributed by atoms with Crippen LogP contribution in [0.5, 0.6) is 5.75 Å². The van der Waals surface area contributed by atoms with Gasteiger partial charge in [-0.05, 0) is 87.8 Å². The van der Waals surface area contributed by atoms with E-state index in [-0.39, 0.29) is 18.1 Å². The van der Waals surface area contributed by atoms with Gasteiger partial charge in [0.2, 0.25) is 0 Å². The lowest BCUT2D eigenvalue weighted by molar-refractivity contribution is -0.258. The van der Waals surface area contributed by atoms with E-state index < -0.39 is 11.9 Å². The lowest BCUT2D eigenvalue weighted by Crippen LogP contribution is -2.51. The first-order chi connectivity index (χ1) is 18.2. The Morgan fingerprint density at radius 1 is 1.16 bits per heavy atom. The van der Waals surface area contributed by atoms with Gasteiger partial charge in [-0.2, -0.15) is 0 Å². The Hall–Kier alpha value is -2.44. The summed E-state index contributed by atoms with van der Waals surface area (Å²) in [6.07, 6.45) is 10.9. The molecule has 2 heterocycles. The van der Waals surface area contributed by atoms with Crippen LogP contribution in [0.4, 0.5) is 0 Å². The smallest absolute Gasteiger partial charge is 0.193 e. The minimum atomic E-state index is -0.881. The first-order valence-electron chi connectivity index (χ1n) is 13.8. The number of hydrogen-bond acceptors (Lipinski definition) is 5. The number of benzene rings is 1. The van der Waals surface area contributed by atoms with E-state index in [1.54, 1.807) is 7.11 Å². The highest BCUT2D eigenvalue weighted by atomic mass is 16.7. The summed E-state index contributed by atoms with van der Waals surface area (Å²) in [4.78, 5) is 0. The zero-order chi connectivity index (χ0) is 27.3. The van der Waals surface area contributed by atoms with Crippen molar-refractivity contribution in [2.75, 3.05) is 13.7 Å². The van der Waals surface area contributed by atoms with Crippen molar-refractivity contribution in [3.63, 3.8) is 0 Å². The van der Waals surface area contributed by atoms with Gasteiger partial charge in [0, 0.05) is 12.3 Å². The van der Waals surface area contributed by atoms with E-state index >= 15 is 0 Å². The second-order valence-electron chi connectivity index (χ2n) is 11.3. The van der Waals surface area contributed by atoms with E-state index in [0.717, 1.165) is 53.7 Å². The van der Waals surface area contributed by atoms with E-state index in [4.69, 9.17) is 18.9 Å². The summed E-state index contributed by atoms with van der Waals surface area (Å²) in [6, 6.07) is 7.92. The molecule has 0 bridgehead atoms. The molecule has 0 radical (unpaired) electrons. The molecule has 5 heteroatoms. The second kappa shape index (κ2) is 12.6. The molecule has 38 heavy (non-hydrogen) atoms. The SMILES string of the molecule is C=C(C)CCC/C(C)=C/[C@@H]1CC(=C)C[C@]2(C=C(COCc3ccc(OC)cc3)[C@H]3C[C@@H](O)C(C)=C[C@H]3O2)O1. The van der Waals surface area contributed by atoms with Gasteiger partial charge in [-0.3, -0.25) is 0 Å². The van der Waals surface area contributed by atoms with Gasteiger partial charge in [-0.15, -0.1) is 6.58 Å². The molecule has 1 aliphatic carbocycles. The van der Waals surface area contributed by atoms with Crippen LogP contribution in [0.25, 0.3) is 0 Å². The molecule has 0 unspecified atom stereocenters. The van der Waals surface area contributed by atoms with Crippen molar-refractivity contribution in [2.45, 2.75) is 90.0 Å². The number of rotatable bonds is 10. The van der Waals surface area contributed by atoms with Gasteiger partial charge in [0.25, 0.3) is 0 Å². The Labute approximate surface area is 228 Å². The van der Waals surface area contributed by atoms with Crippen molar-refractivity contribution in [2.24, 2.45) is 5.92 Å². The summed E-state index contributed by atoms with van der Waals surface area (Å²) in [6.45, 7) is 15.5. The highest BCUT2D eigenvalue weighted by Crippen LogP contribution is 2.45. The molecule has 1 fully saturated rings. The van der Waals surface area contributed by atoms with E-state index in [2.05, 4.69) is 45.2 Å². The summed E-state index contributed by atoms with van der Waals surface area (Å²) in [5.41, 5.74) is 6.81. The number of allylic oxidation sites excluding steroid dienone is 2. The molecule has 5 nitrogen and oxygen atoms in total. The van der Waals surface area contributed by atoms with Gasteiger partial charge in [-0.25, -0.2) is 0 Å². The Morgan fingerprint density at radius 3 is 2.63 bits per heavy atom. The quantitative estimate of drug-likeness (QED) is 0.337. The molecule has 2 aliphatic heterocycles. The maximum atomic E-state index is 10.6. The van der Waals surface area contributed by atoms with Gasteiger partial charge in [-0.1, -0.05) is 47.6 Å². The maximum absolute atomic E-state index is 10.6. The number of aliphatic hydroxyl groups is 1. The standard InChI is InChI=1S/C33H44O5/c1-22(2)8-7-9-23(3)14-29-15-24(4)18-33(37-29)19-27(30-17-31(34)25(5)16-32(30)38-33)21-36-20-26-10-12-28(35-6)13-11-26/h10-14,16,19,29-32,34H,1,4,7-9,15,17-18,20-21H2,2-3,5-6H3/b23-14+/t29-,30-,31-,32-,33+/m1/s1. The van der Waals surface area contributed by atoms with E-state index in [9.17, 15) is 5.11 Å². The molecule has 0 aromatic heterocycles. The van der Waals surface area contributed by atoms with Crippen molar-refractivity contribution in [3.8, 4) is 5.75 Å². The molecule has 1 spiro atoms. The van der Waals surface area contributed by atoms with Gasteiger partial charge >= 0.3 is 0 Å². The average molecular weight is 521 g/mol. The molecular formula is C33H44O5. The number of methoxy groups -OCH3 is 1. The highest BCUT2D eigenvalue weighted by molar-refractivity contribution is 5.30. The largest absolute Gasteiger partial charge is 0.497 e. The van der Waals surface area contributed by atoms with Crippen molar-refractivity contribution >= 4 is 0 Å². The van der Waals surface area contributed by atoms with Gasteiger partial charge in [0.05, 0.1) is 38.6 Å². The molecule has 0 amide bonds. The topological polar surface area (TPSA) is 57.2 Å². The summed E-state index contributed by atoms with van der Waals surface area (Å²) in [5.74, 6) is -0.00622. The van der Waals surface area contributed by atoms with Crippen LogP contribution in [0, 0.1) is 5.92 Å². The van der Waals surface area contributed by atoms with Crippen LogP contribution < -0.4 is 4.74 Å². The molecule has 206 valence electrons. The lowest BCUT2D eigenvalue weighted by Gasteiger charge is -2.48. The Bertz CT molecular complexity index is 1090. The average Bonchev–Trinajstić information content (AvgIpc) is 2.85. The molecule has 1 saturated heterocycles. The Morgan fingerprint density at radius 2 is 1.92 bits per heavy atom. The minimum Gasteiger partial charge on any atom is -0.497 e. The third-order valence-corrected chi connectivity index (χ3v) is 7.72. The summed E-state index contributed by atoms with van der Waals surface area (Å²) >= 11 is 0. The van der Waals surface area contributed by atoms with Gasteiger partial charge < -0.3 is 24.1 Å². The van der Waals surface area contributed by atoms with E-state index in [1.165, 1.54) is 11.1 Å². The zero-order valence-corrected chi connectivity index (χ0v) is 23.5. The van der Waals surface area contributed by atoms with Crippen LogP contribution in [-0.2, 0) is 20.8 Å². The normalized spacial score (nSPS) is 29.5. The van der Waals surface area contributed by atoms with E-state index in [0.29, 0.717) is 26.1 Å². The lowest BCUT2D eigenvalue weighted by atomic mass is 9.77. The Balaban J connectivity index is 1.52. The molecule has 0 saturated carbocycles. The molecule has 4 rings (SSSR count). The fraction of sp³-hybridized carbons (Fsp3) is 0.515. The van der Waals surface area contributed by atoms with Crippen molar-refractivity contribution in [1.82, 2.24) is 0 Å². The first kappa shape index (κ1) is 28.6. The first-order valence-corrected chi connectivity index (χ1v) is 13.8. The van der Waals surface area contributed by atoms with Crippen molar-refractivity contribution in [1.29, 1.82) is 0 Å². The fourth-order valence-electron chi connectivity index (χ4n) is 5.70. The van der Waals surface area contributed by atoms with Gasteiger partial charge in [0.1, 0.15) is 5.75 Å². The van der Waals surface area contributed by atoms with Crippen molar-refractivity contribution < 1.29 is 24.1 Å². The number of ether oxygens (including phenoxy) is 4. The predicted octanol–water partition coefficient (Wildman–Crippen LogP) is 6.99. The van der Waals surface area contributed by atoms with Crippen LogP contribution in [0.1, 0.15) is 64.9 Å². The molecule has 1 N–H and O–H groups in total. The molecule has 1 aromatic carbocycles. The monoisotopic (exact) mass is 520 g/mol. The van der Waals surface area contributed by atoms with Crippen LogP contribution in [-0.4, -0.2) is 42.9 Å². The highest BCUT2D eigenvalue weighted by Gasteiger charge is 2.47. The van der Waals surface area contributed by atoms with E-state index in [1.807, 2.05) is 31.2 Å². The summed E-state index contributed by atoms with van der Waals surface area (Å²) in [7, 11) is 1.66. The predicted molar refractivity (Wildman–Crippen MR) is 152 cm³/mol. The molecule has 3 aliphatic rings. The molecule has 1 aromatic rings. The number of fused-ring (bicyclic) bond motifs is 1. The van der Waals surface area contributed by atoms with Crippen LogP contribution in [0.3, 0.4) is 0 Å². The molecular weight excluding hydrogens is 476 g/mol. The number of aliphatic hydroxyl groups excluding tert-OH is 1. The second-order valence-corrected chi connectivity index (χ2v) is 11.3. The summed E-state index contributed by atoms with van der Waals surface area (Å²) in [5, 5.41) is 10.6. The number of hydrogen-bond donors (Lipinski definition) is 1. The van der Waals surface area contributed by atoms with Crippen LogP contribution in [0.15, 0.2) is 83.5 Å². The zero-order valence-electron chi connectivity index (χ0n) is 23.5. The summed E-state index contributed by atoms with van der Waals surface area (Å²) < 4.78 is 24.9. The minimum absolute atomic E-state index is 0.0480. The maximum Gasteiger partial charge on any atom is 0.193 e. The fourth-order valence-corrected chi connectivity index (χ4v) is 5.70. The van der Waals surface area contributed by atoms with Crippen LogP contribution >= 0.6 is 0 Å². The van der Waals surface area contributed by atoms with Gasteiger partial charge in [0.15, 0.2) is 5.79 Å². The van der Waals surface area contributed by atoms with Crippen LogP contribution in [0.2, 0.25) is 0 Å².